The average molecular weight is 494 g/mol. The summed E-state index contributed by atoms with van der Waals surface area (Å²) in [5.41, 5.74) is -2.02. The van der Waals surface area contributed by atoms with Crippen LogP contribution in [0.2, 0.25) is 0 Å². The highest BCUT2D eigenvalue weighted by molar-refractivity contribution is 6.09. The Morgan fingerprint density at radius 3 is 2.69 bits per heavy atom. The summed E-state index contributed by atoms with van der Waals surface area (Å²) < 4.78 is 12.2. The van der Waals surface area contributed by atoms with Gasteiger partial charge in [-0.1, -0.05) is 19.9 Å². The Morgan fingerprint density at radius 1 is 1.14 bits per heavy atom. The number of piperazine rings is 1. The molecular weight excluding hydrogens is 458 g/mol. The van der Waals surface area contributed by atoms with Gasteiger partial charge in [0.1, 0.15) is 17.4 Å². The van der Waals surface area contributed by atoms with Crippen molar-refractivity contribution in [2.75, 3.05) is 18.9 Å². The molecule has 1 saturated carbocycles. The fourth-order valence-electron chi connectivity index (χ4n) is 8.97. The van der Waals surface area contributed by atoms with Crippen LogP contribution in [0.1, 0.15) is 65.4 Å². The molecule has 8 rings (SSSR count). The lowest BCUT2D eigenvalue weighted by atomic mass is 9.56. The van der Waals surface area contributed by atoms with Crippen molar-refractivity contribution in [2.24, 2.45) is 11.3 Å². The third-order valence-corrected chi connectivity index (χ3v) is 10.8. The zero-order valence-corrected chi connectivity index (χ0v) is 21.7. The van der Waals surface area contributed by atoms with E-state index in [1.54, 1.807) is 6.26 Å². The number of fused-ring (bicyclic) bond motifs is 5. The SMILES string of the molecule is CN1C(=O)[C@@]23CCCCN2[C@@H](O)[C@@]12C[C@@]1(C(=O)Nc4c1ccc1c4OC=CC(C)(C)O1)C(C)(C)[C@@H]2C3. The molecule has 5 fully saturated rings. The highest BCUT2D eigenvalue weighted by atomic mass is 16.5. The van der Waals surface area contributed by atoms with E-state index in [0.29, 0.717) is 36.6 Å². The van der Waals surface area contributed by atoms with Gasteiger partial charge in [-0.15, -0.1) is 0 Å². The minimum Gasteiger partial charge on any atom is -0.480 e. The van der Waals surface area contributed by atoms with Gasteiger partial charge < -0.3 is 24.8 Å². The number of anilines is 1. The zero-order chi connectivity index (χ0) is 25.5. The molecule has 5 atom stereocenters. The lowest BCUT2D eigenvalue weighted by Crippen LogP contribution is -2.84. The molecule has 0 aromatic heterocycles. The van der Waals surface area contributed by atoms with Gasteiger partial charge in [-0.05, 0) is 75.0 Å². The molecule has 0 unspecified atom stereocenters. The number of amides is 2. The Hall–Kier alpha value is -2.58. The van der Waals surface area contributed by atoms with E-state index in [4.69, 9.17) is 9.47 Å². The van der Waals surface area contributed by atoms with E-state index in [2.05, 4.69) is 24.1 Å². The summed E-state index contributed by atoms with van der Waals surface area (Å²) in [5.74, 6) is 1.05. The summed E-state index contributed by atoms with van der Waals surface area (Å²) >= 11 is 0. The third-order valence-electron chi connectivity index (χ3n) is 10.8. The predicted molar refractivity (Wildman–Crippen MR) is 133 cm³/mol. The number of hydrogen-bond donors (Lipinski definition) is 2. The number of likely N-dealkylation sites (N-methyl/N-ethyl adjacent to an activating group) is 1. The smallest absolute Gasteiger partial charge is 0.243 e. The highest BCUT2D eigenvalue weighted by Crippen LogP contribution is 2.73. The van der Waals surface area contributed by atoms with E-state index in [0.717, 1.165) is 24.8 Å². The number of carbonyl (C=O) groups excluding carboxylic acids is 2. The van der Waals surface area contributed by atoms with Crippen LogP contribution in [0.3, 0.4) is 0 Å². The summed E-state index contributed by atoms with van der Waals surface area (Å²) in [6.45, 7) is 8.94. The van der Waals surface area contributed by atoms with Crippen molar-refractivity contribution in [1.29, 1.82) is 0 Å². The van der Waals surface area contributed by atoms with Crippen molar-refractivity contribution in [3.05, 3.63) is 30.0 Å². The molecule has 1 aromatic rings. The lowest BCUT2D eigenvalue weighted by Gasteiger charge is -2.68. The molecule has 6 aliphatic heterocycles. The van der Waals surface area contributed by atoms with Gasteiger partial charge in [0.2, 0.25) is 11.8 Å². The Morgan fingerprint density at radius 2 is 1.92 bits per heavy atom. The van der Waals surface area contributed by atoms with E-state index in [1.807, 2.05) is 44.0 Å². The Labute approximate surface area is 211 Å². The van der Waals surface area contributed by atoms with Crippen LogP contribution in [0.4, 0.5) is 5.69 Å². The fourth-order valence-corrected chi connectivity index (χ4v) is 8.97. The normalized spacial score (nSPS) is 41.1. The molecule has 6 heterocycles. The van der Waals surface area contributed by atoms with Gasteiger partial charge in [-0.3, -0.25) is 14.5 Å². The molecule has 2 N–H and O–H groups in total. The number of carbonyl (C=O) groups is 2. The molecule has 192 valence electrons. The number of piperidine rings is 3. The van der Waals surface area contributed by atoms with Crippen molar-refractivity contribution < 1.29 is 24.2 Å². The summed E-state index contributed by atoms with van der Waals surface area (Å²) in [6, 6.07) is 3.88. The molecule has 8 heteroatoms. The number of ether oxygens (including phenoxy) is 2. The van der Waals surface area contributed by atoms with Gasteiger partial charge >= 0.3 is 0 Å². The lowest BCUT2D eigenvalue weighted by molar-refractivity contribution is -0.257. The first-order valence-corrected chi connectivity index (χ1v) is 13.2. The molecular formula is C28H35N3O5. The number of benzene rings is 1. The van der Waals surface area contributed by atoms with Crippen LogP contribution in [0, 0.1) is 11.3 Å². The van der Waals surface area contributed by atoms with Gasteiger partial charge in [0.05, 0.1) is 22.9 Å². The number of aliphatic hydroxyl groups is 1. The molecule has 0 radical (unpaired) electrons. The largest absolute Gasteiger partial charge is 0.480 e. The van der Waals surface area contributed by atoms with Crippen molar-refractivity contribution in [3.63, 3.8) is 0 Å². The molecule has 2 amide bonds. The molecule has 1 aromatic carbocycles. The van der Waals surface area contributed by atoms with Crippen molar-refractivity contribution >= 4 is 17.5 Å². The summed E-state index contributed by atoms with van der Waals surface area (Å²) in [7, 11) is 1.84. The van der Waals surface area contributed by atoms with Crippen LogP contribution < -0.4 is 14.8 Å². The van der Waals surface area contributed by atoms with E-state index in [-0.39, 0.29) is 17.7 Å². The second-order valence-electron chi connectivity index (χ2n) is 12.9. The molecule has 1 aliphatic carbocycles. The number of rotatable bonds is 0. The van der Waals surface area contributed by atoms with Crippen molar-refractivity contribution in [2.45, 2.75) is 88.1 Å². The van der Waals surface area contributed by atoms with Gasteiger partial charge in [0.25, 0.3) is 0 Å². The van der Waals surface area contributed by atoms with Crippen LogP contribution in [0.15, 0.2) is 24.5 Å². The van der Waals surface area contributed by atoms with Crippen LogP contribution in [0.25, 0.3) is 0 Å². The number of hydrogen-bond acceptors (Lipinski definition) is 6. The van der Waals surface area contributed by atoms with E-state index in [9.17, 15) is 14.7 Å². The van der Waals surface area contributed by atoms with Gasteiger partial charge in [-0.2, -0.15) is 0 Å². The summed E-state index contributed by atoms with van der Waals surface area (Å²) in [6.07, 6.45) is 6.41. The number of aliphatic hydroxyl groups excluding tert-OH is 1. The molecule has 7 aliphatic rings. The van der Waals surface area contributed by atoms with Gasteiger partial charge in [0.15, 0.2) is 11.5 Å². The molecule has 3 spiro atoms. The summed E-state index contributed by atoms with van der Waals surface area (Å²) in [5, 5.41) is 15.1. The summed E-state index contributed by atoms with van der Waals surface area (Å²) in [4.78, 5) is 31.9. The first kappa shape index (κ1) is 22.6. The first-order valence-electron chi connectivity index (χ1n) is 13.2. The molecule has 2 bridgehead atoms. The van der Waals surface area contributed by atoms with Crippen LogP contribution in [-0.4, -0.2) is 63.2 Å². The molecule has 8 nitrogen and oxygen atoms in total. The average Bonchev–Trinajstić information content (AvgIpc) is 3.15. The Balaban J connectivity index is 1.43. The van der Waals surface area contributed by atoms with Gasteiger partial charge in [-0.25, -0.2) is 0 Å². The second kappa shape index (κ2) is 6.45. The molecule has 36 heavy (non-hydrogen) atoms. The topological polar surface area (TPSA) is 91.3 Å². The van der Waals surface area contributed by atoms with Crippen molar-refractivity contribution in [1.82, 2.24) is 9.80 Å². The van der Waals surface area contributed by atoms with Crippen LogP contribution in [-0.2, 0) is 15.0 Å². The third kappa shape index (κ3) is 2.22. The van der Waals surface area contributed by atoms with E-state index >= 15 is 0 Å². The Bertz CT molecular complexity index is 1260. The number of nitrogens with one attached hydrogen (secondary N) is 1. The maximum atomic E-state index is 14.2. The van der Waals surface area contributed by atoms with Gasteiger partial charge in [0, 0.05) is 13.6 Å². The zero-order valence-electron chi connectivity index (χ0n) is 21.7. The first-order chi connectivity index (χ1) is 16.9. The second-order valence-corrected chi connectivity index (χ2v) is 12.9. The van der Waals surface area contributed by atoms with E-state index in [1.165, 1.54) is 0 Å². The standard InChI is InChI=1S/C28H35N3O5/c1-24(2)11-13-35-20-17(36-24)9-8-16-19(20)29-21(32)27(16)15-28-18(25(27,3)4)14-26(22(33)30(28)5)10-6-7-12-31(26)23(28)34/h8-9,11,13,18,23,34H,6-7,10,12,14-15H2,1-5H3,(H,29,32)/t18-,23-,26-,27+,28-/m0/s1. The monoisotopic (exact) mass is 493 g/mol. The number of nitrogens with zero attached hydrogens (tertiary/aromatic N) is 2. The maximum absolute atomic E-state index is 14.2. The minimum atomic E-state index is -0.924. The maximum Gasteiger partial charge on any atom is 0.243 e. The van der Waals surface area contributed by atoms with Crippen LogP contribution >= 0.6 is 0 Å². The predicted octanol–water partition coefficient (Wildman–Crippen LogP) is 3.14. The minimum absolute atomic E-state index is 0.0384. The van der Waals surface area contributed by atoms with Crippen LogP contribution in [0.5, 0.6) is 11.5 Å². The van der Waals surface area contributed by atoms with E-state index < -0.39 is 33.7 Å². The highest BCUT2D eigenvalue weighted by Gasteiger charge is 2.81. The molecule has 4 saturated heterocycles. The fraction of sp³-hybridized carbons (Fsp3) is 0.643. The Kier molecular flexibility index (Phi) is 4.05. The van der Waals surface area contributed by atoms with Crippen molar-refractivity contribution in [3.8, 4) is 11.5 Å². The quantitative estimate of drug-likeness (QED) is 0.577.